The minimum absolute atomic E-state index is 0.831. The van der Waals surface area contributed by atoms with Gasteiger partial charge in [0.05, 0.1) is 0 Å². The van der Waals surface area contributed by atoms with Gasteiger partial charge in [0.25, 0.3) is 0 Å². The maximum Gasteiger partial charge on any atom is 0.0463 e. The summed E-state index contributed by atoms with van der Waals surface area (Å²) >= 11 is 0. The maximum atomic E-state index is 5.80. The largest absolute Gasteiger partial charge is 0.401 e. The first-order valence-electron chi connectivity index (χ1n) is 5.63. The lowest BCUT2D eigenvalue weighted by atomic mass is 10.3. The van der Waals surface area contributed by atoms with Crippen LogP contribution in [0.15, 0.2) is 11.9 Å². The summed E-state index contributed by atoms with van der Waals surface area (Å²) in [5.74, 6) is 5.80. The van der Waals surface area contributed by atoms with E-state index >= 15 is 0 Å². The molecule has 0 atom stereocenters. The summed E-state index contributed by atoms with van der Waals surface area (Å²) in [6, 6.07) is 0. The number of nitrogens with one attached hydrogen (secondary N) is 1. The molecule has 0 aromatic heterocycles. The van der Waals surface area contributed by atoms with Gasteiger partial charge in [-0.3, -0.25) is 4.90 Å². The lowest BCUT2D eigenvalue weighted by Gasteiger charge is -2.28. The van der Waals surface area contributed by atoms with E-state index in [1.807, 2.05) is 13.1 Å². The van der Waals surface area contributed by atoms with E-state index in [2.05, 4.69) is 10.2 Å². The van der Waals surface area contributed by atoms with Crippen molar-refractivity contribution in [3.63, 3.8) is 0 Å². The minimum Gasteiger partial charge on any atom is -0.401 e. The standard InChI is InChI=1S/C10H23N5/c1-2-10(11)9-15(12)8-7-14-5-3-13-4-6-14/h9,13H,2-8,11-12H2,1H3/b10-9-. The molecule has 0 aromatic rings. The van der Waals surface area contributed by atoms with Crippen LogP contribution in [0.4, 0.5) is 0 Å². The van der Waals surface area contributed by atoms with Gasteiger partial charge in [-0.1, -0.05) is 6.92 Å². The lowest BCUT2D eigenvalue weighted by molar-refractivity contribution is 0.214. The molecule has 88 valence electrons. The molecule has 5 nitrogen and oxygen atoms in total. The Morgan fingerprint density at radius 2 is 2.13 bits per heavy atom. The summed E-state index contributed by atoms with van der Waals surface area (Å²) in [6.45, 7) is 8.25. The van der Waals surface area contributed by atoms with Crippen LogP contribution in [0.3, 0.4) is 0 Å². The summed E-state index contributed by atoms with van der Waals surface area (Å²) in [5.41, 5.74) is 6.53. The summed E-state index contributed by atoms with van der Waals surface area (Å²) in [7, 11) is 0. The Balaban J connectivity index is 2.17. The van der Waals surface area contributed by atoms with Crippen molar-refractivity contribution in [2.24, 2.45) is 11.6 Å². The van der Waals surface area contributed by atoms with Gasteiger partial charge < -0.3 is 16.1 Å². The van der Waals surface area contributed by atoms with E-state index in [4.69, 9.17) is 11.6 Å². The summed E-state index contributed by atoms with van der Waals surface area (Å²) in [6.07, 6.45) is 2.67. The number of allylic oxidation sites excluding steroid dienone is 1. The third-order valence-corrected chi connectivity index (χ3v) is 2.62. The van der Waals surface area contributed by atoms with Crippen LogP contribution in [0, 0.1) is 0 Å². The Bertz CT molecular complexity index is 198. The highest BCUT2D eigenvalue weighted by molar-refractivity contribution is 4.93. The van der Waals surface area contributed by atoms with Crippen molar-refractivity contribution in [1.82, 2.24) is 15.2 Å². The van der Waals surface area contributed by atoms with Crippen molar-refractivity contribution in [3.8, 4) is 0 Å². The molecule has 0 amide bonds. The Kier molecular flexibility index (Phi) is 5.45. The van der Waals surface area contributed by atoms with Crippen molar-refractivity contribution in [1.29, 1.82) is 0 Å². The monoisotopic (exact) mass is 213 g/mol. The molecule has 5 N–H and O–H groups in total. The molecule has 0 aromatic carbocycles. The molecule has 15 heavy (non-hydrogen) atoms. The molecule has 0 saturated carbocycles. The number of hydrazine groups is 1. The lowest BCUT2D eigenvalue weighted by Crippen LogP contribution is -2.46. The van der Waals surface area contributed by atoms with Gasteiger partial charge in [-0.2, -0.15) is 0 Å². The average Bonchev–Trinajstić information content (AvgIpc) is 2.27. The Labute approximate surface area is 92.0 Å². The van der Waals surface area contributed by atoms with Gasteiger partial charge in [0.2, 0.25) is 0 Å². The molecule has 1 heterocycles. The molecule has 1 rings (SSSR count). The second-order valence-corrected chi connectivity index (χ2v) is 3.89. The van der Waals surface area contributed by atoms with Crippen LogP contribution in [-0.4, -0.2) is 49.2 Å². The van der Waals surface area contributed by atoms with E-state index in [1.54, 1.807) is 5.01 Å². The van der Waals surface area contributed by atoms with E-state index < -0.39 is 0 Å². The molecule has 1 saturated heterocycles. The smallest absolute Gasteiger partial charge is 0.0463 e. The molecule has 1 aliphatic heterocycles. The fraction of sp³-hybridized carbons (Fsp3) is 0.800. The number of nitrogens with zero attached hydrogens (tertiary/aromatic N) is 2. The fourth-order valence-electron chi connectivity index (χ4n) is 1.56. The highest BCUT2D eigenvalue weighted by Gasteiger charge is 2.09. The number of rotatable bonds is 5. The second-order valence-electron chi connectivity index (χ2n) is 3.89. The van der Waals surface area contributed by atoms with Crippen molar-refractivity contribution < 1.29 is 0 Å². The highest BCUT2D eigenvalue weighted by Crippen LogP contribution is 1.95. The van der Waals surface area contributed by atoms with Crippen LogP contribution < -0.4 is 16.9 Å². The predicted octanol–water partition coefficient (Wildman–Crippen LogP) is -0.723. The zero-order chi connectivity index (χ0) is 11.1. The second kappa shape index (κ2) is 6.66. The minimum atomic E-state index is 0.831. The summed E-state index contributed by atoms with van der Waals surface area (Å²) in [5, 5.41) is 5.01. The highest BCUT2D eigenvalue weighted by atomic mass is 15.4. The van der Waals surface area contributed by atoms with E-state index in [1.165, 1.54) is 0 Å². The molecule has 0 unspecified atom stereocenters. The van der Waals surface area contributed by atoms with Gasteiger partial charge in [-0.05, 0) is 6.42 Å². The van der Waals surface area contributed by atoms with E-state index in [-0.39, 0.29) is 0 Å². The van der Waals surface area contributed by atoms with Gasteiger partial charge in [0.1, 0.15) is 0 Å². The van der Waals surface area contributed by atoms with Gasteiger partial charge in [0, 0.05) is 51.2 Å². The quantitative estimate of drug-likeness (QED) is 0.415. The molecule has 1 fully saturated rings. The first kappa shape index (κ1) is 12.3. The molecule has 0 bridgehead atoms. The number of piperazine rings is 1. The van der Waals surface area contributed by atoms with Gasteiger partial charge >= 0.3 is 0 Å². The number of nitrogens with two attached hydrogens (primary N) is 2. The molecule has 0 aliphatic carbocycles. The number of hydrogen-bond acceptors (Lipinski definition) is 5. The van der Waals surface area contributed by atoms with E-state index in [0.717, 1.165) is 51.4 Å². The topological polar surface area (TPSA) is 70.5 Å². The van der Waals surface area contributed by atoms with Crippen LogP contribution in [0.1, 0.15) is 13.3 Å². The Morgan fingerprint density at radius 3 is 2.73 bits per heavy atom. The summed E-state index contributed by atoms with van der Waals surface area (Å²) in [4.78, 5) is 2.41. The van der Waals surface area contributed by atoms with Gasteiger partial charge in [-0.15, -0.1) is 0 Å². The first-order valence-corrected chi connectivity index (χ1v) is 5.63. The Morgan fingerprint density at radius 1 is 1.47 bits per heavy atom. The van der Waals surface area contributed by atoms with Crippen LogP contribution in [0.2, 0.25) is 0 Å². The van der Waals surface area contributed by atoms with Crippen molar-refractivity contribution in [2.75, 3.05) is 39.3 Å². The fourth-order valence-corrected chi connectivity index (χ4v) is 1.56. The normalized spacial score (nSPS) is 19.2. The van der Waals surface area contributed by atoms with E-state index in [9.17, 15) is 0 Å². The van der Waals surface area contributed by atoms with E-state index in [0.29, 0.717) is 0 Å². The van der Waals surface area contributed by atoms with Crippen LogP contribution in [-0.2, 0) is 0 Å². The summed E-state index contributed by atoms with van der Waals surface area (Å²) < 4.78 is 0. The SMILES string of the molecule is CC/C(N)=C/N(N)CCN1CCNCC1. The average molecular weight is 213 g/mol. The van der Waals surface area contributed by atoms with Crippen molar-refractivity contribution >= 4 is 0 Å². The first-order chi connectivity index (χ1) is 7.22. The third kappa shape index (κ3) is 5.01. The van der Waals surface area contributed by atoms with Gasteiger partial charge in [0.15, 0.2) is 0 Å². The zero-order valence-electron chi connectivity index (χ0n) is 9.58. The van der Waals surface area contributed by atoms with Crippen LogP contribution >= 0.6 is 0 Å². The maximum absolute atomic E-state index is 5.80. The molecule has 0 spiro atoms. The van der Waals surface area contributed by atoms with Crippen LogP contribution in [0.25, 0.3) is 0 Å². The van der Waals surface area contributed by atoms with Crippen molar-refractivity contribution in [3.05, 3.63) is 11.9 Å². The third-order valence-electron chi connectivity index (χ3n) is 2.62. The Hall–Kier alpha value is -0.780. The van der Waals surface area contributed by atoms with Gasteiger partial charge in [-0.25, -0.2) is 5.84 Å². The zero-order valence-corrected chi connectivity index (χ0v) is 9.58. The van der Waals surface area contributed by atoms with Crippen molar-refractivity contribution in [2.45, 2.75) is 13.3 Å². The molecular formula is C10H23N5. The molecule has 0 radical (unpaired) electrons. The molecular weight excluding hydrogens is 190 g/mol. The molecule has 1 aliphatic rings. The number of hydrogen-bond donors (Lipinski definition) is 3. The van der Waals surface area contributed by atoms with Crippen LogP contribution in [0.5, 0.6) is 0 Å². The molecule has 5 heteroatoms. The predicted molar refractivity (Wildman–Crippen MR) is 62.8 cm³/mol.